The second-order valence-electron chi connectivity index (χ2n) is 2.81. The smallest absolute Gasteiger partial charge is 0.0623 e. The van der Waals surface area contributed by atoms with Gasteiger partial charge in [-0.3, -0.25) is 4.98 Å². The molecule has 0 aliphatic rings. The first-order valence-corrected chi connectivity index (χ1v) is 4.42. The zero-order valence-corrected chi connectivity index (χ0v) is 7.93. The van der Waals surface area contributed by atoms with E-state index in [-0.39, 0.29) is 0 Å². The molecule has 2 N–H and O–H groups in total. The molecule has 0 aliphatic heterocycles. The molecule has 0 radical (unpaired) electrons. The van der Waals surface area contributed by atoms with Gasteiger partial charge < -0.3 is 5.73 Å². The monoisotopic (exact) mass is 184 g/mol. The Morgan fingerprint density at radius 2 is 2.25 bits per heavy atom. The van der Waals surface area contributed by atoms with Gasteiger partial charge in [-0.2, -0.15) is 0 Å². The van der Waals surface area contributed by atoms with Crippen LogP contribution in [0.2, 0.25) is 5.02 Å². The molecule has 0 saturated carbocycles. The van der Waals surface area contributed by atoms with Crippen LogP contribution in [0.1, 0.15) is 17.5 Å². The molecule has 1 aromatic rings. The Hall–Kier alpha value is -0.600. The highest BCUT2D eigenvalue weighted by atomic mass is 35.5. The number of rotatable bonds is 3. The maximum Gasteiger partial charge on any atom is 0.0623 e. The fourth-order valence-corrected chi connectivity index (χ4v) is 1.45. The van der Waals surface area contributed by atoms with Crippen molar-refractivity contribution in [2.24, 2.45) is 5.73 Å². The van der Waals surface area contributed by atoms with Gasteiger partial charge in [0.15, 0.2) is 0 Å². The van der Waals surface area contributed by atoms with E-state index in [1.54, 1.807) is 6.20 Å². The van der Waals surface area contributed by atoms with Gasteiger partial charge >= 0.3 is 0 Å². The summed E-state index contributed by atoms with van der Waals surface area (Å²) in [5.41, 5.74) is 7.74. The van der Waals surface area contributed by atoms with Crippen molar-refractivity contribution in [3.05, 3.63) is 28.5 Å². The Bertz CT molecular complexity index is 240. The van der Waals surface area contributed by atoms with Gasteiger partial charge in [-0.15, -0.1) is 0 Å². The third-order valence-corrected chi connectivity index (χ3v) is 2.18. The predicted octanol–water partition coefficient (Wildman–Crippen LogP) is 1.93. The highest BCUT2D eigenvalue weighted by Gasteiger charge is 2.02. The van der Waals surface area contributed by atoms with Gasteiger partial charge in [0.1, 0.15) is 0 Å². The molecule has 3 heteroatoms. The van der Waals surface area contributed by atoms with Crippen LogP contribution in [0.3, 0.4) is 0 Å². The Kier molecular flexibility index (Phi) is 3.50. The molecule has 0 atom stereocenters. The molecule has 2 nitrogen and oxygen atoms in total. The molecular weight excluding hydrogens is 172 g/mol. The van der Waals surface area contributed by atoms with Crippen molar-refractivity contribution < 1.29 is 0 Å². The summed E-state index contributed by atoms with van der Waals surface area (Å²) in [5, 5.41) is 0.753. The van der Waals surface area contributed by atoms with Crippen molar-refractivity contribution in [1.82, 2.24) is 4.98 Å². The second-order valence-corrected chi connectivity index (χ2v) is 3.22. The molecule has 0 fully saturated rings. The van der Waals surface area contributed by atoms with Crippen LogP contribution in [0, 0.1) is 6.92 Å². The van der Waals surface area contributed by atoms with E-state index in [1.807, 2.05) is 13.1 Å². The van der Waals surface area contributed by atoms with Gasteiger partial charge in [0.25, 0.3) is 0 Å². The first kappa shape index (κ1) is 9.49. The van der Waals surface area contributed by atoms with Crippen LogP contribution in [-0.4, -0.2) is 11.5 Å². The molecule has 0 amide bonds. The molecule has 0 unspecified atom stereocenters. The zero-order valence-electron chi connectivity index (χ0n) is 7.18. The quantitative estimate of drug-likeness (QED) is 0.780. The summed E-state index contributed by atoms with van der Waals surface area (Å²) >= 11 is 5.96. The molecule has 0 saturated heterocycles. The molecule has 0 bridgehead atoms. The molecule has 66 valence electrons. The highest BCUT2D eigenvalue weighted by Crippen LogP contribution is 2.18. The van der Waals surface area contributed by atoms with Crippen LogP contribution in [0.25, 0.3) is 0 Å². The summed E-state index contributed by atoms with van der Waals surface area (Å²) in [7, 11) is 0. The average Bonchev–Trinajstić information content (AvgIpc) is 2.04. The number of hydrogen-bond donors (Lipinski definition) is 1. The van der Waals surface area contributed by atoms with Crippen LogP contribution in [0.5, 0.6) is 0 Å². The zero-order chi connectivity index (χ0) is 8.97. The van der Waals surface area contributed by atoms with Gasteiger partial charge in [0, 0.05) is 12.4 Å². The molecule has 12 heavy (non-hydrogen) atoms. The molecule has 0 spiro atoms. The van der Waals surface area contributed by atoms with E-state index in [1.165, 1.54) is 5.56 Å². The molecule has 0 aliphatic carbocycles. The number of hydrogen-bond acceptors (Lipinski definition) is 2. The molecular formula is C9H13ClN2. The van der Waals surface area contributed by atoms with Crippen molar-refractivity contribution in [1.29, 1.82) is 0 Å². The topological polar surface area (TPSA) is 38.9 Å². The summed E-state index contributed by atoms with van der Waals surface area (Å²) < 4.78 is 0. The molecule has 1 heterocycles. The van der Waals surface area contributed by atoms with Gasteiger partial charge in [-0.05, 0) is 37.4 Å². The summed E-state index contributed by atoms with van der Waals surface area (Å²) in [6.45, 7) is 2.73. The van der Waals surface area contributed by atoms with Gasteiger partial charge in [0.05, 0.1) is 5.02 Å². The van der Waals surface area contributed by atoms with E-state index in [0.29, 0.717) is 6.54 Å². The summed E-state index contributed by atoms with van der Waals surface area (Å²) in [6, 6.07) is 0. The summed E-state index contributed by atoms with van der Waals surface area (Å²) in [5.74, 6) is 0. The van der Waals surface area contributed by atoms with Crippen LogP contribution < -0.4 is 5.73 Å². The number of aryl methyl sites for hydroxylation is 1. The highest BCUT2D eigenvalue weighted by molar-refractivity contribution is 6.31. The number of pyridine rings is 1. The van der Waals surface area contributed by atoms with Gasteiger partial charge in [0.2, 0.25) is 0 Å². The predicted molar refractivity (Wildman–Crippen MR) is 51.4 cm³/mol. The maximum absolute atomic E-state index is 5.96. The number of nitrogens with zero attached hydrogens (tertiary/aromatic N) is 1. The summed E-state index contributed by atoms with van der Waals surface area (Å²) in [6.07, 6.45) is 5.44. The molecule has 1 rings (SSSR count). The first-order chi connectivity index (χ1) is 5.75. The third kappa shape index (κ3) is 2.19. The minimum atomic E-state index is 0.706. The Morgan fingerprint density at radius 3 is 2.83 bits per heavy atom. The number of halogens is 1. The Balaban J connectivity index is 2.81. The van der Waals surface area contributed by atoms with Crippen molar-refractivity contribution in [2.75, 3.05) is 6.54 Å². The number of aromatic nitrogens is 1. The average molecular weight is 185 g/mol. The Labute approximate surface area is 77.8 Å². The third-order valence-electron chi connectivity index (χ3n) is 1.85. The summed E-state index contributed by atoms with van der Waals surface area (Å²) in [4.78, 5) is 3.99. The number of nitrogens with two attached hydrogens (primary N) is 1. The molecule has 0 aromatic carbocycles. The fourth-order valence-electron chi connectivity index (χ4n) is 1.15. The van der Waals surface area contributed by atoms with Crippen LogP contribution in [0.15, 0.2) is 12.4 Å². The lowest BCUT2D eigenvalue weighted by atomic mass is 10.1. The maximum atomic E-state index is 5.96. The van der Waals surface area contributed by atoms with E-state index < -0.39 is 0 Å². The first-order valence-electron chi connectivity index (χ1n) is 4.04. The van der Waals surface area contributed by atoms with E-state index >= 15 is 0 Å². The van der Waals surface area contributed by atoms with E-state index in [2.05, 4.69) is 4.98 Å². The second kappa shape index (κ2) is 4.43. The largest absolute Gasteiger partial charge is 0.330 e. The SMILES string of the molecule is Cc1cncc(Cl)c1CCCN. The minimum Gasteiger partial charge on any atom is -0.330 e. The fraction of sp³-hybridized carbons (Fsp3) is 0.444. The standard InChI is InChI=1S/C9H13ClN2/c1-7-5-12-6-9(10)8(7)3-2-4-11/h5-6H,2-4,11H2,1H3. The van der Waals surface area contributed by atoms with Crippen molar-refractivity contribution in [2.45, 2.75) is 19.8 Å². The van der Waals surface area contributed by atoms with Gasteiger partial charge in [-0.25, -0.2) is 0 Å². The van der Waals surface area contributed by atoms with E-state index in [0.717, 1.165) is 23.4 Å². The van der Waals surface area contributed by atoms with E-state index in [4.69, 9.17) is 17.3 Å². The van der Waals surface area contributed by atoms with Crippen molar-refractivity contribution >= 4 is 11.6 Å². The van der Waals surface area contributed by atoms with Crippen molar-refractivity contribution in [3.8, 4) is 0 Å². The lowest BCUT2D eigenvalue weighted by molar-refractivity contribution is 0.826. The lowest BCUT2D eigenvalue weighted by Gasteiger charge is -2.05. The van der Waals surface area contributed by atoms with Gasteiger partial charge in [-0.1, -0.05) is 11.6 Å². The Morgan fingerprint density at radius 1 is 1.50 bits per heavy atom. The lowest BCUT2D eigenvalue weighted by Crippen LogP contribution is -2.02. The van der Waals surface area contributed by atoms with Crippen LogP contribution >= 0.6 is 11.6 Å². The minimum absolute atomic E-state index is 0.706. The van der Waals surface area contributed by atoms with Crippen LogP contribution in [-0.2, 0) is 6.42 Å². The molecule has 1 aromatic heterocycles. The van der Waals surface area contributed by atoms with E-state index in [9.17, 15) is 0 Å². The van der Waals surface area contributed by atoms with Crippen molar-refractivity contribution in [3.63, 3.8) is 0 Å². The van der Waals surface area contributed by atoms with Crippen LogP contribution in [0.4, 0.5) is 0 Å². The normalized spacial score (nSPS) is 10.2.